The number of nitrogens with zero attached hydrogens (tertiary/aromatic N) is 2. The Hall–Kier alpha value is -4.07. The Labute approximate surface area is 175 Å². The van der Waals surface area contributed by atoms with Crippen molar-refractivity contribution in [2.75, 3.05) is 0 Å². The zero-order valence-corrected chi connectivity index (χ0v) is 16.2. The van der Waals surface area contributed by atoms with E-state index in [1.807, 2.05) is 30.3 Å². The lowest BCUT2D eigenvalue weighted by Gasteiger charge is -2.14. The lowest BCUT2D eigenvalue weighted by Crippen LogP contribution is -2.34. The van der Waals surface area contributed by atoms with Crippen molar-refractivity contribution in [1.29, 1.82) is 0 Å². The number of amides is 1. The van der Waals surface area contributed by atoms with E-state index in [1.165, 1.54) is 16.8 Å². The minimum atomic E-state index is -0.876. The van der Waals surface area contributed by atoms with Crippen molar-refractivity contribution in [1.82, 2.24) is 14.9 Å². The Morgan fingerprint density at radius 2 is 1.84 bits per heavy atom. The van der Waals surface area contributed by atoms with Crippen molar-refractivity contribution in [3.8, 4) is 5.75 Å². The van der Waals surface area contributed by atoms with Gasteiger partial charge in [-0.15, -0.1) is 0 Å². The average Bonchev–Trinajstić information content (AvgIpc) is 2.77. The molecular formula is C23H17F2N3O3. The van der Waals surface area contributed by atoms with E-state index in [-0.39, 0.29) is 29.7 Å². The van der Waals surface area contributed by atoms with Crippen molar-refractivity contribution in [2.45, 2.75) is 13.1 Å². The molecule has 31 heavy (non-hydrogen) atoms. The largest absolute Gasteiger partial charge is 0.506 e. The highest BCUT2D eigenvalue weighted by atomic mass is 19.1. The highest BCUT2D eigenvalue weighted by Crippen LogP contribution is 2.25. The van der Waals surface area contributed by atoms with Crippen LogP contribution in [0, 0.1) is 11.6 Å². The number of hydrogen-bond acceptors (Lipinski definition) is 4. The molecule has 1 amide bonds. The minimum absolute atomic E-state index is 0.0429. The maximum absolute atomic E-state index is 13.9. The van der Waals surface area contributed by atoms with E-state index in [0.29, 0.717) is 6.07 Å². The number of halogens is 2. The van der Waals surface area contributed by atoms with Gasteiger partial charge in [0, 0.05) is 24.4 Å². The molecule has 8 heteroatoms. The predicted molar refractivity (Wildman–Crippen MR) is 111 cm³/mol. The van der Waals surface area contributed by atoms with Crippen LogP contribution in [0.1, 0.15) is 21.5 Å². The van der Waals surface area contributed by atoms with Crippen LogP contribution in [0.3, 0.4) is 0 Å². The quantitative estimate of drug-likeness (QED) is 0.518. The van der Waals surface area contributed by atoms with Crippen LogP contribution in [0.4, 0.5) is 8.78 Å². The first kappa shape index (κ1) is 20.2. The third-order valence-electron chi connectivity index (χ3n) is 4.86. The standard InChI is InChI=1S/C23H17F2N3O3/c24-16-9-8-15(18(25)11-16)12-27-22(30)19-20(29)17-7-4-10-26-21(17)28(23(19)31)13-14-5-2-1-3-6-14/h1-11,29H,12-13H2,(H,27,30). The first-order chi connectivity index (χ1) is 15.0. The van der Waals surface area contributed by atoms with Crippen LogP contribution in [0.5, 0.6) is 5.75 Å². The molecule has 0 saturated heterocycles. The van der Waals surface area contributed by atoms with Gasteiger partial charge < -0.3 is 10.4 Å². The lowest BCUT2D eigenvalue weighted by atomic mass is 10.1. The maximum atomic E-state index is 13.9. The highest BCUT2D eigenvalue weighted by Gasteiger charge is 2.23. The first-order valence-corrected chi connectivity index (χ1v) is 9.42. The molecule has 2 N–H and O–H groups in total. The van der Waals surface area contributed by atoms with Crippen LogP contribution in [-0.4, -0.2) is 20.6 Å². The lowest BCUT2D eigenvalue weighted by molar-refractivity contribution is 0.0946. The van der Waals surface area contributed by atoms with E-state index in [0.717, 1.165) is 11.6 Å². The van der Waals surface area contributed by atoms with Crippen molar-refractivity contribution in [2.24, 2.45) is 0 Å². The fourth-order valence-electron chi connectivity index (χ4n) is 3.31. The van der Waals surface area contributed by atoms with Gasteiger partial charge in [-0.1, -0.05) is 36.4 Å². The predicted octanol–water partition coefficient (Wildman–Crippen LogP) is 3.36. The fourth-order valence-corrected chi connectivity index (χ4v) is 3.31. The average molecular weight is 421 g/mol. The van der Waals surface area contributed by atoms with Gasteiger partial charge in [0.05, 0.1) is 11.9 Å². The van der Waals surface area contributed by atoms with E-state index in [2.05, 4.69) is 10.3 Å². The summed E-state index contributed by atoms with van der Waals surface area (Å²) in [5.41, 5.74) is -0.123. The number of nitrogens with one attached hydrogen (secondary N) is 1. The molecule has 6 nitrogen and oxygen atoms in total. The highest BCUT2D eigenvalue weighted by molar-refractivity contribution is 6.01. The molecule has 0 saturated carbocycles. The fraction of sp³-hybridized carbons (Fsp3) is 0.0870. The molecule has 2 heterocycles. The van der Waals surface area contributed by atoms with Crippen molar-refractivity contribution >= 4 is 16.9 Å². The summed E-state index contributed by atoms with van der Waals surface area (Å²) in [5.74, 6) is -2.95. The van der Waals surface area contributed by atoms with Crippen molar-refractivity contribution in [3.05, 3.63) is 106 Å². The Kier molecular flexibility index (Phi) is 5.44. The van der Waals surface area contributed by atoms with Crippen LogP contribution in [0.25, 0.3) is 11.0 Å². The smallest absolute Gasteiger partial charge is 0.269 e. The van der Waals surface area contributed by atoms with Gasteiger partial charge in [-0.25, -0.2) is 13.8 Å². The first-order valence-electron chi connectivity index (χ1n) is 9.42. The SMILES string of the molecule is O=C(NCc1ccc(F)cc1F)c1c(O)c2cccnc2n(Cc2ccccc2)c1=O. The molecule has 4 aromatic rings. The van der Waals surface area contributed by atoms with Gasteiger partial charge in [-0.05, 0) is 23.8 Å². The van der Waals surface area contributed by atoms with Gasteiger partial charge in [-0.2, -0.15) is 0 Å². The summed E-state index contributed by atoms with van der Waals surface area (Å²) in [7, 11) is 0. The van der Waals surface area contributed by atoms with E-state index >= 15 is 0 Å². The number of carbonyl (C=O) groups is 1. The second kappa shape index (κ2) is 8.35. The number of pyridine rings is 2. The van der Waals surface area contributed by atoms with Gasteiger partial charge in [0.15, 0.2) is 0 Å². The molecule has 0 bridgehead atoms. The molecule has 0 fully saturated rings. The zero-order chi connectivity index (χ0) is 22.0. The maximum Gasteiger partial charge on any atom is 0.269 e. The van der Waals surface area contributed by atoms with E-state index in [4.69, 9.17) is 0 Å². The van der Waals surface area contributed by atoms with E-state index < -0.39 is 34.4 Å². The summed E-state index contributed by atoms with van der Waals surface area (Å²) in [6.45, 7) is -0.145. The van der Waals surface area contributed by atoms with Crippen LogP contribution in [-0.2, 0) is 13.1 Å². The molecule has 0 unspecified atom stereocenters. The number of aromatic hydroxyl groups is 1. The topological polar surface area (TPSA) is 84.2 Å². The molecule has 0 spiro atoms. The summed E-state index contributed by atoms with van der Waals surface area (Å²) in [6.07, 6.45) is 1.49. The van der Waals surface area contributed by atoms with Gasteiger partial charge in [0.1, 0.15) is 28.6 Å². The molecule has 4 rings (SSSR count). The summed E-state index contributed by atoms with van der Waals surface area (Å²) >= 11 is 0. The van der Waals surface area contributed by atoms with Gasteiger partial charge in [0.2, 0.25) is 0 Å². The van der Waals surface area contributed by atoms with E-state index in [9.17, 15) is 23.5 Å². The summed E-state index contributed by atoms with van der Waals surface area (Å²) in [5, 5.41) is 13.3. The minimum Gasteiger partial charge on any atom is -0.506 e. The molecule has 0 aliphatic heterocycles. The summed E-state index contributed by atoms with van der Waals surface area (Å²) in [6, 6.07) is 15.2. The number of carbonyl (C=O) groups excluding carboxylic acids is 1. The molecule has 0 atom stereocenters. The van der Waals surface area contributed by atoms with Crippen molar-refractivity contribution < 1.29 is 18.7 Å². The monoisotopic (exact) mass is 421 g/mol. The van der Waals surface area contributed by atoms with Crippen LogP contribution in [0.15, 0.2) is 71.7 Å². The third-order valence-corrected chi connectivity index (χ3v) is 4.86. The summed E-state index contributed by atoms with van der Waals surface area (Å²) < 4.78 is 28.2. The molecule has 156 valence electrons. The number of fused-ring (bicyclic) bond motifs is 1. The molecule has 0 aliphatic carbocycles. The van der Waals surface area contributed by atoms with Crippen LogP contribution < -0.4 is 10.9 Å². The normalized spacial score (nSPS) is 10.9. The number of hydrogen-bond donors (Lipinski definition) is 2. The molecule has 0 aliphatic rings. The Bertz CT molecular complexity index is 1340. The van der Waals surface area contributed by atoms with Gasteiger partial charge >= 0.3 is 0 Å². The molecule has 2 aromatic carbocycles. The Morgan fingerprint density at radius 3 is 2.58 bits per heavy atom. The Morgan fingerprint density at radius 1 is 1.06 bits per heavy atom. The molecule has 0 radical (unpaired) electrons. The van der Waals surface area contributed by atoms with Gasteiger partial charge in [0.25, 0.3) is 11.5 Å². The van der Waals surface area contributed by atoms with E-state index in [1.54, 1.807) is 12.1 Å². The third kappa shape index (κ3) is 4.00. The molecule has 2 aromatic heterocycles. The number of benzene rings is 2. The second-order valence-corrected chi connectivity index (χ2v) is 6.89. The van der Waals surface area contributed by atoms with Crippen LogP contribution >= 0.6 is 0 Å². The number of rotatable bonds is 5. The summed E-state index contributed by atoms with van der Waals surface area (Å²) in [4.78, 5) is 30.1. The molecular weight excluding hydrogens is 404 g/mol. The van der Waals surface area contributed by atoms with Crippen LogP contribution in [0.2, 0.25) is 0 Å². The second-order valence-electron chi connectivity index (χ2n) is 6.89. The Balaban J connectivity index is 1.74. The number of aromatic nitrogens is 2. The zero-order valence-electron chi connectivity index (χ0n) is 16.2. The van der Waals surface area contributed by atoms with Gasteiger partial charge in [-0.3, -0.25) is 14.2 Å². The van der Waals surface area contributed by atoms with Crippen molar-refractivity contribution in [3.63, 3.8) is 0 Å².